The predicted molar refractivity (Wildman–Crippen MR) is 148 cm³/mol. The molecule has 3 N–H and O–H groups in total. The van der Waals surface area contributed by atoms with Crippen LogP contribution in [0.15, 0.2) is 36.4 Å². The molecule has 2 aromatic carbocycles. The fourth-order valence-electron chi connectivity index (χ4n) is 7.54. The summed E-state index contributed by atoms with van der Waals surface area (Å²) in [6.07, 6.45) is 4.59. The number of anilines is 1. The molecule has 2 saturated heterocycles. The van der Waals surface area contributed by atoms with Gasteiger partial charge < -0.3 is 10.6 Å². The third kappa shape index (κ3) is 4.19. The van der Waals surface area contributed by atoms with Gasteiger partial charge in [0.15, 0.2) is 0 Å². The normalized spacial score (nSPS) is 29.4. The van der Waals surface area contributed by atoms with E-state index in [1.54, 1.807) is 24.3 Å². The number of sulfone groups is 1. The Morgan fingerprint density at radius 1 is 1.05 bits per heavy atom. The Morgan fingerprint density at radius 2 is 1.77 bits per heavy atom. The largest absolute Gasteiger partial charge is 0.352 e. The standard InChI is InChI=1S/C28H30Cl2FN3O4S/c29-16-7-8-19-21(15-16)33-26(36)28(19)22(18-5-4-6-20(30)23(18)31)24(34-27(28)11-2-1-3-12-27)25(35)32-17-9-13-39(37,38)14-10-17/h4-8,15,17,22,24,34H,1-3,9-14H2,(H,32,35)(H,33,36)/t22-,24?,28+/m0/s1. The van der Waals surface area contributed by atoms with Gasteiger partial charge in [-0.05, 0) is 55.0 Å². The van der Waals surface area contributed by atoms with Crippen LogP contribution in [0, 0.1) is 5.82 Å². The van der Waals surface area contributed by atoms with Gasteiger partial charge in [-0.1, -0.05) is 60.7 Å². The second-order valence-electron chi connectivity index (χ2n) is 11.3. The van der Waals surface area contributed by atoms with Gasteiger partial charge >= 0.3 is 0 Å². The van der Waals surface area contributed by atoms with E-state index in [1.807, 2.05) is 6.07 Å². The second kappa shape index (κ2) is 9.72. The molecule has 39 heavy (non-hydrogen) atoms. The van der Waals surface area contributed by atoms with E-state index in [1.165, 1.54) is 6.07 Å². The molecule has 1 unspecified atom stereocenters. The first kappa shape index (κ1) is 27.0. The smallest absolute Gasteiger partial charge is 0.238 e. The topological polar surface area (TPSA) is 104 Å². The number of halogens is 3. The lowest BCUT2D eigenvalue weighted by atomic mass is 9.55. The maximum absolute atomic E-state index is 15.9. The first-order valence-corrected chi connectivity index (χ1v) is 16.0. The highest BCUT2D eigenvalue weighted by Crippen LogP contribution is 2.62. The molecule has 3 heterocycles. The molecule has 3 fully saturated rings. The number of nitrogens with one attached hydrogen (secondary N) is 3. The molecule has 3 aliphatic heterocycles. The quantitative estimate of drug-likeness (QED) is 0.487. The fraction of sp³-hybridized carbons (Fsp3) is 0.500. The molecule has 7 nitrogen and oxygen atoms in total. The molecule has 2 spiro atoms. The molecule has 2 aromatic rings. The van der Waals surface area contributed by atoms with Gasteiger partial charge in [0.05, 0.1) is 22.6 Å². The predicted octanol–water partition coefficient (Wildman–Crippen LogP) is 4.47. The molecule has 6 rings (SSSR count). The minimum Gasteiger partial charge on any atom is -0.352 e. The highest BCUT2D eigenvalue weighted by molar-refractivity contribution is 7.91. The van der Waals surface area contributed by atoms with Gasteiger partial charge in [-0.15, -0.1) is 0 Å². The van der Waals surface area contributed by atoms with Crippen LogP contribution in [0.2, 0.25) is 10.0 Å². The SMILES string of the molecule is O=C(NC1CCS(=O)(=O)CC1)C1NC2(CCCCC2)[C@@]2(C(=O)Nc3cc(Cl)ccc32)[C@H]1c1cccc(Cl)c1F. The van der Waals surface area contributed by atoms with Crippen LogP contribution in [-0.4, -0.2) is 49.4 Å². The summed E-state index contributed by atoms with van der Waals surface area (Å²) in [6.45, 7) is 0. The van der Waals surface area contributed by atoms with E-state index in [0.717, 1.165) is 19.3 Å². The number of amides is 2. The summed E-state index contributed by atoms with van der Waals surface area (Å²) in [5.41, 5.74) is -0.663. The van der Waals surface area contributed by atoms with Crippen molar-refractivity contribution in [2.24, 2.45) is 0 Å². The highest BCUT2D eigenvalue weighted by atomic mass is 35.5. The summed E-state index contributed by atoms with van der Waals surface area (Å²) in [4.78, 5) is 28.4. The molecule has 208 valence electrons. The van der Waals surface area contributed by atoms with Crippen molar-refractivity contribution in [3.63, 3.8) is 0 Å². The molecule has 2 amide bonds. The van der Waals surface area contributed by atoms with Crippen LogP contribution in [0.5, 0.6) is 0 Å². The van der Waals surface area contributed by atoms with Crippen molar-refractivity contribution in [1.29, 1.82) is 0 Å². The highest BCUT2D eigenvalue weighted by Gasteiger charge is 2.72. The lowest BCUT2D eigenvalue weighted by molar-refractivity contribution is -0.124. The third-order valence-corrected chi connectivity index (χ3v) is 11.4. The summed E-state index contributed by atoms with van der Waals surface area (Å²) in [5, 5.41) is 10.0. The molecule has 4 aliphatic rings. The minimum atomic E-state index is -3.11. The number of hydrogen-bond acceptors (Lipinski definition) is 5. The number of carbonyl (C=O) groups excluding carboxylic acids is 2. The monoisotopic (exact) mass is 593 g/mol. The Bertz CT molecular complexity index is 1450. The van der Waals surface area contributed by atoms with Crippen LogP contribution in [0.1, 0.15) is 62.0 Å². The van der Waals surface area contributed by atoms with E-state index in [-0.39, 0.29) is 39.9 Å². The van der Waals surface area contributed by atoms with Crippen molar-refractivity contribution in [1.82, 2.24) is 10.6 Å². The van der Waals surface area contributed by atoms with Crippen molar-refractivity contribution in [3.05, 3.63) is 63.4 Å². The van der Waals surface area contributed by atoms with Crippen LogP contribution >= 0.6 is 23.2 Å². The van der Waals surface area contributed by atoms with E-state index in [9.17, 15) is 18.0 Å². The van der Waals surface area contributed by atoms with Crippen molar-refractivity contribution in [2.45, 2.75) is 73.9 Å². The van der Waals surface area contributed by atoms with Crippen LogP contribution < -0.4 is 16.0 Å². The van der Waals surface area contributed by atoms with Crippen molar-refractivity contribution in [3.8, 4) is 0 Å². The Balaban J connectivity index is 1.52. The maximum atomic E-state index is 15.9. The summed E-state index contributed by atoms with van der Waals surface area (Å²) in [7, 11) is -3.11. The summed E-state index contributed by atoms with van der Waals surface area (Å²) < 4.78 is 39.8. The van der Waals surface area contributed by atoms with Gasteiger partial charge in [-0.25, -0.2) is 12.8 Å². The zero-order chi connectivity index (χ0) is 27.6. The van der Waals surface area contributed by atoms with Crippen molar-refractivity contribution < 1.29 is 22.4 Å². The van der Waals surface area contributed by atoms with Gasteiger partial charge in [0.2, 0.25) is 11.8 Å². The van der Waals surface area contributed by atoms with E-state index in [2.05, 4.69) is 16.0 Å². The molecule has 1 saturated carbocycles. The lowest BCUT2D eigenvalue weighted by Crippen LogP contribution is -2.60. The van der Waals surface area contributed by atoms with Gasteiger partial charge in [-0.3, -0.25) is 14.9 Å². The van der Waals surface area contributed by atoms with E-state index in [4.69, 9.17) is 23.2 Å². The number of carbonyl (C=O) groups is 2. The summed E-state index contributed by atoms with van der Waals surface area (Å²) >= 11 is 12.6. The lowest BCUT2D eigenvalue weighted by Gasteiger charge is -2.47. The molecule has 3 atom stereocenters. The molecule has 0 radical (unpaired) electrons. The Morgan fingerprint density at radius 3 is 2.49 bits per heavy atom. The Hall–Kier alpha value is -2.20. The average molecular weight is 595 g/mol. The summed E-state index contributed by atoms with van der Waals surface area (Å²) in [5.74, 6) is -2.23. The molecular formula is C28H30Cl2FN3O4S. The Labute approximate surface area is 237 Å². The molecule has 0 bridgehead atoms. The number of benzene rings is 2. The molecular weight excluding hydrogens is 564 g/mol. The maximum Gasteiger partial charge on any atom is 0.238 e. The van der Waals surface area contributed by atoms with Gasteiger partial charge in [0.25, 0.3) is 0 Å². The third-order valence-electron chi connectivity index (χ3n) is 9.21. The number of fused-ring (bicyclic) bond motifs is 3. The first-order chi connectivity index (χ1) is 18.6. The van der Waals surface area contributed by atoms with E-state index >= 15 is 4.39 Å². The van der Waals surface area contributed by atoms with Gasteiger partial charge in [0.1, 0.15) is 21.1 Å². The van der Waals surface area contributed by atoms with Gasteiger partial charge in [-0.2, -0.15) is 0 Å². The van der Waals surface area contributed by atoms with Crippen LogP contribution in [0.3, 0.4) is 0 Å². The minimum absolute atomic E-state index is 0.00675. The molecule has 11 heteroatoms. The van der Waals surface area contributed by atoms with Gasteiger partial charge in [0, 0.05) is 28.2 Å². The zero-order valence-corrected chi connectivity index (χ0v) is 23.6. The van der Waals surface area contributed by atoms with Crippen LogP contribution in [0.4, 0.5) is 10.1 Å². The number of rotatable bonds is 3. The Kier molecular flexibility index (Phi) is 6.72. The first-order valence-electron chi connectivity index (χ1n) is 13.4. The zero-order valence-electron chi connectivity index (χ0n) is 21.2. The van der Waals surface area contributed by atoms with Crippen LogP contribution in [0.25, 0.3) is 0 Å². The van der Waals surface area contributed by atoms with Crippen molar-refractivity contribution >= 4 is 50.5 Å². The van der Waals surface area contributed by atoms with E-state index < -0.39 is 38.6 Å². The second-order valence-corrected chi connectivity index (χ2v) is 14.4. The fourth-order valence-corrected chi connectivity index (χ4v) is 9.39. The van der Waals surface area contributed by atoms with Crippen molar-refractivity contribution in [2.75, 3.05) is 16.8 Å². The molecule has 1 aliphatic carbocycles. The van der Waals surface area contributed by atoms with E-state index in [0.29, 0.717) is 42.0 Å². The van der Waals surface area contributed by atoms with Crippen LogP contribution in [-0.2, 0) is 24.8 Å². The number of hydrogen-bond donors (Lipinski definition) is 3. The summed E-state index contributed by atoms with van der Waals surface area (Å²) in [6, 6.07) is 8.64. The average Bonchev–Trinajstić information content (AvgIpc) is 3.35. The molecule has 0 aromatic heterocycles.